The molecule has 90 valence electrons. The van der Waals surface area contributed by atoms with Crippen molar-refractivity contribution in [3.63, 3.8) is 0 Å². The van der Waals surface area contributed by atoms with Crippen molar-refractivity contribution in [1.82, 2.24) is 10.3 Å². The van der Waals surface area contributed by atoms with Gasteiger partial charge in [0.1, 0.15) is 0 Å². The third kappa shape index (κ3) is 2.76. The van der Waals surface area contributed by atoms with E-state index >= 15 is 0 Å². The molecule has 1 unspecified atom stereocenters. The van der Waals surface area contributed by atoms with Crippen LogP contribution in [0.4, 0.5) is 0 Å². The van der Waals surface area contributed by atoms with Gasteiger partial charge < -0.3 is 5.32 Å². The smallest absolute Gasteiger partial charge is 0.0614 e. The molecule has 2 aromatic heterocycles. The third-order valence-corrected chi connectivity index (χ3v) is 4.47. The van der Waals surface area contributed by atoms with E-state index in [1.54, 1.807) is 11.3 Å². The molecule has 0 aromatic carbocycles. The molecule has 1 N–H and O–H groups in total. The Morgan fingerprint density at radius 2 is 2.24 bits per heavy atom. The zero-order valence-electron chi connectivity index (χ0n) is 9.90. The van der Waals surface area contributed by atoms with E-state index < -0.39 is 0 Å². The predicted octanol–water partition coefficient (Wildman–Crippen LogP) is 3.91. The van der Waals surface area contributed by atoms with Gasteiger partial charge in [0, 0.05) is 21.7 Å². The number of hydrogen-bond acceptors (Lipinski definition) is 3. The fourth-order valence-corrected chi connectivity index (χ4v) is 3.44. The zero-order chi connectivity index (χ0) is 12.3. The lowest BCUT2D eigenvalue weighted by atomic mass is 10.0. The first-order chi connectivity index (χ1) is 8.24. The minimum absolute atomic E-state index is 0.217. The molecule has 2 aromatic rings. The van der Waals surface area contributed by atoms with E-state index in [1.807, 2.05) is 12.3 Å². The van der Waals surface area contributed by atoms with Crippen molar-refractivity contribution >= 4 is 27.3 Å². The lowest BCUT2D eigenvalue weighted by Gasteiger charge is -2.19. The molecule has 0 saturated heterocycles. The fourth-order valence-electron chi connectivity index (χ4n) is 1.89. The number of aryl methyl sites for hydroxylation is 1. The summed E-state index contributed by atoms with van der Waals surface area (Å²) >= 11 is 5.32. The van der Waals surface area contributed by atoms with Gasteiger partial charge in [-0.3, -0.25) is 4.98 Å². The van der Waals surface area contributed by atoms with E-state index in [4.69, 9.17) is 0 Å². The van der Waals surface area contributed by atoms with Gasteiger partial charge in [-0.15, -0.1) is 0 Å². The molecule has 0 radical (unpaired) electrons. The Balaban J connectivity index is 2.43. The molecular weight excluding hydrogens is 296 g/mol. The molecule has 1 atom stereocenters. The van der Waals surface area contributed by atoms with Crippen LogP contribution in [0.5, 0.6) is 0 Å². The monoisotopic (exact) mass is 310 g/mol. The summed E-state index contributed by atoms with van der Waals surface area (Å²) in [6, 6.07) is 4.35. The second kappa shape index (κ2) is 5.76. The van der Waals surface area contributed by atoms with E-state index in [2.05, 4.69) is 56.9 Å². The van der Waals surface area contributed by atoms with Crippen molar-refractivity contribution in [2.24, 2.45) is 0 Å². The molecule has 0 bridgehead atoms. The van der Waals surface area contributed by atoms with Gasteiger partial charge in [-0.2, -0.15) is 11.3 Å². The van der Waals surface area contributed by atoms with Crippen LogP contribution >= 0.6 is 27.3 Å². The summed E-state index contributed by atoms with van der Waals surface area (Å²) in [6.07, 6.45) is 1.84. The topological polar surface area (TPSA) is 24.9 Å². The Labute approximate surface area is 114 Å². The lowest BCUT2D eigenvalue weighted by molar-refractivity contribution is 0.624. The van der Waals surface area contributed by atoms with Crippen LogP contribution in [0.3, 0.4) is 0 Å². The van der Waals surface area contributed by atoms with Gasteiger partial charge in [0.15, 0.2) is 0 Å². The number of thiophene rings is 1. The van der Waals surface area contributed by atoms with Crippen LogP contribution in [-0.2, 0) is 0 Å². The van der Waals surface area contributed by atoms with Crippen molar-refractivity contribution in [2.75, 3.05) is 6.54 Å². The second-order valence-electron chi connectivity index (χ2n) is 3.84. The van der Waals surface area contributed by atoms with Gasteiger partial charge in [0.2, 0.25) is 0 Å². The van der Waals surface area contributed by atoms with E-state index in [1.165, 1.54) is 11.1 Å². The molecule has 2 nitrogen and oxygen atoms in total. The van der Waals surface area contributed by atoms with Crippen LogP contribution in [0.2, 0.25) is 0 Å². The first-order valence-electron chi connectivity index (χ1n) is 5.60. The molecule has 0 aliphatic rings. The van der Waals surface area contributed by atoms with Crippen molar-refractivity contribution in [3.8, 4) is 0 Å². The average Bonchev–Trinajstić information content (AvgIpc) is 2.74. The predicted molar refractivity (Wildman–Crippen MR) is 76.5 cm³/mol. The largest absolute Gasteiger partial charge is 0.306 e. The van der Waals surface area contributed by atoms with Crippen molar-refractivity contribution in [1.29, 1.82) is 0 Å². The van der Waals surface area contributed by atoms with Gasteiger partial charge in [-0.25, -0.2) is 0 Å². The Hall–Kier alpha value is -0.710. The van der Waals surface area contributed by atoms with E-state index in [0.717, 1.165) is 16.7 Å². The molecule has 0 amide bonds. The standard InChI is InChI=1S/C13H15BrN2S/c1-3-15-13(11-7-17-8-12(11)14)10-5-4-6-16-9(10)2/h4-8,13,15H,3H2,1-2H3. The van der Waals surface area contributed by atoms with Gasteiger partial charge >= 0.3 is 0 Å². The summed E-state index contributed by atoms with van der Waals surface area (Å²) in [5, 5.41) is 7.82. The quantitative estimate of drug-likeness (QED) is 0.926. The van der Waals surface area contributed by atoms with Crippen LogP contribution < -0.4 is 5.32 Å². The molecule has 0 fully saturated rings. The average molecular weight is 311 g/mol. The van der Waals surface area contributed by atoms with Gasteiger partial charge in [0.25, 0.3) is 0 Å². The fraction of sp³-hybridized carbons (Fsp3) is 0.308. The van der Waals surface area contributed by atoms with Crippen molar-refractivity contribution in [2.45, 2.75) is 19.9 Å². The Bertz CT molecular complexity index is 496. The normalized spacial score (nSPS) is 12.6. The Kier molecular flexibility index (Phi) is 4.31. The van der Waals surface area contributed by atoms with Crippen molar-refractivity contribution < 1.29 is 0 Å². The van der Waals surface area contributed by atoms with Gasteiger partial charge in [-0.1, -0.05) is 13.0 Å². The number of nitrogens with zero attached hydrogens (tertiary/aromatic N) is 1. The molecular formula is C13H15BrN2S. The van der Waals surface area contributed by atoms with Crippen LogP contribution in [0.15, 0.2) is 33.6 Å². The van der Waals surface area contributed by atoms with Crippen LogP contribution in [0.1, 0.15) is 29.8 Å². The minimum atomic E-state index is 0.217. The van der Waals surface area contributed by atoms with Crippen LogP contribution in [0.25, 0.3) is 0 Å². The number of nitrogens with one attached hydrogen (secondary N) is 1. The number of pyridine rings is 1. The Morgan fingerprint density at radius 3 is 2.82 bits per heavy atom. The van der Waals surface area contributed by atoms with Crippen LogP contribution in [0, 0.1) is 6.92 Å². The summed E-state index contributed by atoms with van der Waals surface area (Å²) < 4.78 is 1.16. The van der Waals surface area contributed by atoms with Gasteiger partial charge in [0.05, 0.1) is 6.04 Å². The van der Waals surface area contributed by atoms with E-state index in [9.17, 15) is 0 Å². The van der Waals surface area contributed by atoms with E-state index in [-0.39, 0.29) is 6.04 Å². The highest BCUT2D eigenvalue weighted by Gasteiger charge is 2.18. The SMILES string of the molecule is CCNC(c1cscc1Br)c1cccnc1C. The maximum Gasteiger partial charge on any atom is 0.0614 e. The summed E-state index contributed by atoms with van der Waals surface area (Å²) in [4.78, 5) is 4.37. The summed E-state index contributed by atoms with van der Waals surface area (Å²) in [7, 11) is 0. The molecule has 0 saturated carbocycles. The van der Waals surface area contributed by atoms with Crippen LogP contribution in [-0.4, -0.2) is 11.5 Å². The molecule has 17 heavy (non-hydrogen) atoms. The Morgan fingerprint density at radius 1 is 1.41 bits per heavy atom. The van der Waals surface area contributed by atoms with Crippen molar-refractivity contribution in [3.05, 3.63) is 50.4 Å². The minimum Gasteiger partial charge on any atom is -0.306 e. The van der Waals surface area contributed by atoms with E-state index in [0.29, 0.717) is 0 Å². The third-order valence-electron chi connectivity index (χ3n) is 2.72. The second-order valence-corrected chi connectivity index (χ2v) is 5.44. The maximum absolute atomic E-state index is 4.37. The first-order valence-corrected chi connectivity index (χ1v) is 7.34. The lowest BCUT2D eigenvalue weighted by Crippen LogP contribution is -2.22. The number of rotatable bonds is 4. The highest BCUT2D eigenvalue weighted by molar-refractivity contribution is 9.10. The molecule has 0 aliphatic heterocycles. The molecule has 2 heterocycles. The van der Waals surface area contributed by atoms with Gasteiger partial charge in [-0.05, 0) is 52.0 Å². The zero-order valence-corrected chi connectivity index (χ0v) is 12.3. The molecule has 0 aliphatic carbocycles. The number of hydrogen-bond donors (Lipinski definition) is 1. The maximum atomic E-state index is 4.37. The summed E-state index contributed by atoms with van der Waals surface area (Å²) in [5.41, 5.74) is 3.61. The molecule has 0 spiro atoms. The number of halogens is 1. The summed E-state index contributed by atoms with van der Waals surface area (Å²) in [5.74, 6) is 0. The highest BCUT2D eigenvalue weighted by atomic mass is 79.9. The molecule has 2 rings (SSSR count). The summed E-state index contributed by atoms with van der Waals surface area (Å²) in [6.45, 7) is 5.11. The first kappa shape index (κ1) is 12.7. The number of aromatic nitrogens is 1. The highest BCUT2D eigenvalue weighted by Crippen LogP contribution is 2.32. The molecule has 4 heteroatoms.